The Morgan fingerprint density at radius 3 is 2.56 bits per heavy atom. The maximum atomic E-state index is 11.3. The zero-order chi connectivity index (χ0) is 12.4. The molecule has 0 aliphatic carbocycles. The topological polar surface area (TPSA) is 67.4 Å². The molecule has 0 heterocycles. The summed E-state index contributed by atoms with van der Waals surface area (Å²) >= 11 is 0. The Labute approximate surface area is 96.9 Å². The first-order valence-corrected chi connectivity index (χ1v) is 5.65. The predicted octanol–water partition coefficient (Wildman–Crippen LogP) is 0.444. The number of carbonyl (C=O) groups excluding carboxylic acids is 2. The molecule has 0 radical (unpaired) electrons. The van der Waals surface area contributed by atoms with Gasteiger partial charge in [-0.15, -0.1) is 0 Å². The molecule has 0 aromatic rings. The molecule has 94 valence electrons. The lowest BCUT2D eigenvalue weighted by Crippen LogP contribution is -2.36. The first kappa shape index (κ1) is 14.9. The van der Waals surface area contributed by atoms with Gasteiger partial charge in [0.05, 0.1) is 0 Å². The average Bonchev–Trinajstić information content (AvgIpc) is 2.24. The molecule has 5 nitrogen and oxygen atoms in total. The lowest BCUT2D eigenvalue weighted by molar-refractivity contribution is -0.129. The van der Waals surface area contributed by atoms with Gasteiger partial charge in [0.25, 0.3) is 0 Å². The zero-order valence-corrected chi connectivity index (χ0v) is 10.3. The predicted molar refractivity (Wildman–Crippen MR) is 62.0 cm³/mol. The van der Waals surface area contributed by atoms with Crippen LogP contribution < -0.4 is 10.6 Å². The number of hydrogen-bond acceptors (Lipinski definition) is 3. The van der Waals surface area contributed by atoms with Crippen LogP contribution in [0.4, 0.5) is 0 Å². The molecule has 2 N–H and O–H groups in total. The van der Waals surface area contributed by atoms with Gasteiger partial charge in [0.2, 0.25) is 11.8 Å². The second-order valence-electron chi connectivity index (χ2n) is 3.75. The summed E-state index contributed by atoms with van der Waals surface area (Å²) in [5.41, 5.74) is 0. The first-order chi connectivity index (χ1) is 7.60. The molecule has 0 rings (SSSR count). The Kier molecular flexibility index (Phi) is 8.52. The molecule has 0 saturated carbocycles. The molecule has 2 amide bonds. The van der Waals surface area contributed by atoms with Crippen LogP contribution in [-0.2, 0) is 14.3 Å². The number of hydrogen-bond donors (Lipinski definition) is 2. The van der Waals surface area contributed by atoms with Crippen LogP contribution in [0.25, 0.3) is 0 Å². The van der Waals surface area contributed by atoms with Crippen molar-refractivity contribution in [1.82, 2.24) is 10.6 Å². The highest BCUT2D eigenvalue weighted by molar-refractivity contribution is 5.96. The Morgan fingerprint density at radius 1 is 1.31 bits per heavy atom. The summed E-state index contributed by atoms with van der Waals surface area (Å²) in [5, 5.41) is 5.40. The standard InChI is InChI=1S/C11H22N2O3/c1-4-9(2)13-11(15)8-10(14)12-6-5-7-16-3/h9H,4-8H2,1-3H3,(H,12,14)(H,13,15). The van der Waals surface area contributed by atoms with E-state index in [4.69, 9.17) is 4.74 Å². The molecular formula is C11H22N2O3. The largest absolute Gasteiger partial charge is 0.385 e. The van der Waals surface area contributed by atoms with Crippen LogP contribution in [0.15, 0.2) is 0 Å². The van der Waals surface area contributed by atoms with E-state index in [0.717, 1.165) is 12.8 Å². The fourth-order valence-corrected chi connectivity index (χ4v) is 1.08. The van der Waals surface area contributed by atoms with Gasteiger partial charge < -0.3 is 15.4 Å². The second kappa shape index (κ2) is 9.15. The molecule has 0 bridgehead atoms. The van der Waals surface area contributed by atoms with Crippen molar-refractivity contribution in [1.29, 1.82) is 0 Å². The van der Waals surface area contributed by atoms with E-state index in [1.54, 1.807) is 7.11 Å². The van der Waals surface area contributed by atoms with Crippen LogP contribution in [0.5, 0.6) is 0 Å². The zero-order valence-electron chi connectivity index (χ0n) is 10.3. The minimum absolute atomic E-state index is 0.0999. The van der Waals surface area contributed by atoms with Gasteiger partial charge in [0, 0.05) is 26.3 Å². The van der Waals surface area contributed by atoms with Crippen LogP contribution in [0.3, 0.4) is 0 Å². The number of amides is 2. The SMILES string of the molecule is CCC(C)NC(=O)CC(=O)NCCCOC. The number of ether oxygens (including phenoxy) is 1. The van der Waals surface area contributed by atoms with E-state index in [9.17, 15) is 9.59 Å². The number of carbonyl (C=O) groups is 2. The van der Waals surface area contributed by atoms with Gasteiger partial charge >= 0.3 is 0 Å². The quantitative estimate of drug-likeness (QED) is 0.470. The van der Waals surface area contributed by atoms with Gasteiger partial charge in [0.15, 0.2) is 0 Å². The fourth-order valence-electron chi connectivity index (χ4n) is 1.08. The van der Waals surface area contributed by atoms with E-state index in [-0.39, 0.29) is 24.3 Å². The van der Waals surface area contributed by atoms with Crippen LogP contribution in [-0.4, -0.2) is 38.1 Å². The van der Waals surface area contributed by atoms with E-state index in [1.165, 1.54) is 0 Å². The molecule has 0 spiro atoms. The highest BCUT2D eigenvalue weighted by Gasteiger charge is 2.10. The van der Waals surface area contributed by atoms with Gasteiger partial charge in [-0.05, 0) is 19.8 Å². The second-order valence-corrected chi connectivity index (χ2v) is 3.75. The molecule has 1 atom stereocenters. The van der Waals surface area contributed by atoms with Crippen molar-refractivity contribution in [2.75, 3.05) is 20.3 Å². The maximum absolute atomic E-state index is 11.3. The molecule has 0 aromatic carbocycles. The Hall–Kier alpha value is -1.10. The lowest BCUT2D eigenvalue weighted by atomic mass is 10.2. The fraction of sp³-hybridized carbons (Fsp3) is 0.818. The number of rotatable bonds is 8. The van der Waals surface area contributed by atoms with E-state index < -0.39 is 0 Å². The van der Waals surface area contributed by atoms with E-state index in [0.29, 0.717) is 13.2 Å². The summed E-state index contributed by atoms with van der Waals surface area (Å²) in [4.78, 5) is 22.6. The number of nitrogens with one attached hydrogen (secondary N) is 2. The van der Waals surface area contributed by atoms with Gasteiger partial charge in [-0.1, -0.05) is 6.92 Å². The molecule has 0 aromatic heterocycles. The summed E-state index contributed by atoms with van der Waals surface area (Å²) < 4.78 is 4.84. The highest BCUT2D eigenvalue weighted by atomic mass is 16.5. The minimum atomic E-state index is -0.239. The molecule has 1 unspecified atom stereocenters. The van der Waals surface area contributed by atoms with Crippen molar-refractivity contribution in [3.05, 3.63) is 0 Å². The monoisotopic (exact) mass is 230 g/mol. The third-order valence-electron chi connectivity index (χ3n) is 2.19. The van der Waals surface area contributed by atoms with Crippen molar-refractivity contribution in [2.24, 2.45) is 0 Å². The molecule has 0 saturated heterocycles. The molecule has 0 aliphatic heterocycles. The summed E-state index contributed by atoms with van der Waals surface area (Å²) in [5.74, 6) is -0.463. The molecule has 5 heteroatoms. The van der Waals surface area contributed by atoms with Crippen molar-refractivity contribution in [3.63, 3.8) is 0 Å². The smallest absolute Gasteiger partial charge is 0.229 e. The van der Waals surface area contributed by atoms with E-state index >= 15 is 0 Å². The lowest BCUT2D eigenvalue weighted by Gasteiger charge is -2.11. The van der Waals surface area contributed by atoms with Gasteiger partial charge in [0.1, 0.15) is 6.42 Å². The van der Waals surface area contributed by atoms with Gasteiger partial charge in [-0.25, -0.2) is 0 Å². The normalized spacial score (nSPS) is 11.9. The average molecular weight is 230 g/mol. The van der Waals surface area contributed by atoms with Gasteiger partial charge in [-0.3, -0.25) is 9.59 Å². The summed E-state index contributed by atoms with van der Waals surface area (Å²) in [6.07, 6.45) is 1.52. The Bertz CT molecular complexity index is 219. The molecule has 16 heavy (non-hydrogen) atoms. The van der Waals surface area contributed by atoms with Crippen molar-refractivity contribution in [3.8, 4) is 0 Å². The molecule has 0 fully saturated rings. The highest BCUT2D eigenvalue weighted by Crippen LogP contribution is 1.90. The third-order valence-corrected chi connectivity index (χ3v) is 2.19. The summed E-state index contributed by atoms with van der Waals surface area (Å²) in [6, 6.07) is 0.119. The number of methoxy groups -OCH3 is 1. The van der Waals surface area contributed by atoms with Crippen LogP contribution in [0.1, 0.15) is 33.1 Å². The van der Waals surface area contributed by atoms with Crippen LogP contribution >= 0.6 is 0 Å². The first-order valence-electron chi connectivity index (χ1n) is 5.65. The van der Waals surface area contributed by atoms with Crippen LogP contribution in [0, 0.1) is 0 Å². The minimum Gasteiger partial charge on any atom is -0.385 e. The third kappa shape index (κ3) is 8.23. The van der Waals surface area contributed by atoms with Crippen molar-refractivity contribution < 1.29 is 14.3 Å². The van der Waals surface area contributed by atoms with Crippen LogP contribution in [0.2, 0.25) is 0 Å². The summed E-state index contributed by atoms with van der Waals surface area (Å²) in [6.45, 7) is 5.05. The van der Waals surface area contributed by atoms with Crippen molar-refractivity contribution >= 4 is 11.8 Å². The summed E-state index contributed by atoms with van der Waals surface area (Å²) in [7, 11) is 1.61. The Morgan fingerprint density at radius 2 is 2.00 bits per heavy atom. The van der Waals surface area contributed by atoms with Crippen molar-refractivity contribution in [2.45, 2.75) is 39.2 Å². The molecule has 0 aliphatic rings. The maximum Gasteiger partial charge on any atom is 0.229 e. The van der Waals surface area contributed by atoms with Gasteiger partial charge in [-0.2, -0.15) is 0 Å². The Balaban J connectivity index is 3.58. The van der Waals surface area contributed by atoms with E-state index in [1.807, 2.05) is 13.8 Å². The molecular weight excluding hydrogens is 208 g/mol. The van der Waals surface area contributed by atoms with E-state index in [2.05, 4.69) is 10.6 Å².